The van der Waals surface area contributed by atoms with Gasteiger partial charge in [0.1, 0.15) is 16.2 Å². The standard InChI is InChI=1S/C20H24N4OS3/c1-14(7-6-12-26-20-21-16-9-3-4-10-17(16)25-20)27-19-18(22-28-23-19)15-8-5-11-24(2)13-15/h3-4,8-10,14H,5-7,11-13H2,1-2H3. The summed E-state index contributed by atoms with van der Waals surface area (Å²) in [6.45, 7) is 4.37. The highest BCUT2D eigenvalue weighted by molar-refractivity contribution is 8.00. The Morgan fingerprint density at radius 2 is 2.18 bits per heavy atom. The van der Waals surface area contributed by atoms with E-state index in [-0.39, 0.29) is 0 Å². The van der Waals surface area contributed by atoms with Gasteiger partial charge in [0.2, 0.25) is 0 Å². The first kappa shape index (κ1) is 19.9. The average molecular weight is 433 g/mol. The summed E-state index contributed by atoms with van der Waals surface area (Å²) in [5, 5.41) is 2.36. The monoisotopic (exact) mass is 432 g/mol. The van der Waals surface area contributed by atoms with Gasteiger partial charge in [0, 0.05) is 24.1 Å². The fourth-order valence-electron chi connectivity index (χ4n) is 3.21. The molecule has 2 aromatic heterocycles. The van der Waals surface area contributed by atoms with Crippen molar-refractivity contribution in [3.05, 3.63) is 36.0 Å². The number of hydrogen-bond donors (Lipinski definition) is 0. The van der Waals surface area contributed by atoms with Crippen LogP contribution < -0.4 is 0 Å². The molecule has 3 aromatic rings. The predicted octanol–water partition coefficient (Wildman–Crippen LogP) is 5.45. The van der Waals surface area contributed by atoms with E-state index >= 15 is 0 Å². The highest BCUT2D eigenvalue weighted by Gasteiger charge is 2.19. The van der Waals surface area contributed by atoms with Gasteiger partial charge in [-0.15, -0.1) is 0 Å². The van der Waals surface area contributed by atoms with Crippen LogP contribution in [0.5, 0.6) is 0 Å². The van der Waals surface area contributed by atoms with E-state index in [1.807, 2.05) is 36.0 Å². The van der Waals surface area contributed by atoms with Crippen LogP contribution in [0.15, 0.2) is 45.0 Å². The summed E-state index contributed by atoms with van der Waals surface area (Å²) in [4.78, 5) is 6.87. The predicted molar refractivity (Wildman–Crippen MR) is 119 cm³/mol. The second kappa shape index (κ2) is 9.43. The molecule has 4 rings (SSSR count). The van der Waals surface area contributed by atoms with Crippen LogP contribution in [0, 0.1) is 0 Å². The fraction of sp³-hybridized carbons (Fsp3) is 0.450. The van der Waals surface area contributed by atoms with Gasteiger partial charge in [-0.1, -0.05) is 48.7 Å². The molecule has 8 heteroatoms. The molecule has 0 amide bonds. The third kappa shape index (κ3) is 4.97. The molecule has 1 unspecified atom stereocenters. The molecule has 5 nitrogen and oxygen atoms in total. The number of aromatic nitrogens is 3. The Bertz CT molecular complexity index is 919. The first-order valence-corrected chi connectivity index (χ1v) is 12.1. The maximum Gasteiger partial charge on any atom is 0.256 e. The van der Waals surface area contributed by atoms with Crippen molar-refractivity contribution in [2.75, 3.05) is 25.9 Å². The van der Waals surface area contributed by atoms with E-state index in [1.54, 1.807) is 11.8 Å². The molecule has 1 aliphatic heterocycles. The van der Waals surface area contributed by atoms with E-state index in [4.69, 9.17) is 4.42 Å². The van der Waals surface area contributed by atoms with E-state index < -0.39 is 0 Å². The van der Waals surface area contributed by atoms with Crippen LogP contribution in [0.2, 0.25) is 0 Å². The normalized spacial score (nSPS) is 16.4. The lowest BCUT2D eigenvalue weighted by Crippen LogP contribution is -2.25. The van der Waals surface area contributed by atoms with Crippen LogP contribution in [0.25, 0.3) is 16.7 Å². The van der Waals surface area contributed by atoms with Crippen LogP contribution in [0.3, 0.4) is 0 Å². The molecule has 0 bridgehead atoms. The third-order valence-electron chi connectivity index (χ3n) is 4.67. The van der Waals surface area contributed by atoms with Gasteiger partial charge >= 0.3 is 0 Å². The number of nitrogens with zero attached hydrogens (tertiary/aromatic N) is 4. The SMILES string of the molecule is CC(CCCSc1nc2ccccc2o1)Sc1nsnc1C1=CCCN(C)C1. The summed E-state index contributed by atoms with van der Waals surface area (Å²) in [5.74, 6) is 1.01. The van der Waals surface area contributed by atoms with Crippen LogP contribution in [-0.2, 0) is 0 Å². The third-order valence-corrected chi connectivity index (χ3v) is 7.38. The van der Waals surface area contributed by atoms with Crippen molar-refractivity contribution in [1.29, 1.82) is 0 Å². The number of hydrogen-bond acceptors (Lipinski definition) is 8. The minimum absolute atomic E-state index is 0.508. The second-order valence-electron chi connectivity index (χ2n) is 7.04. The largest absolute Gasteiger partial charge is 0.431 e. The molecule has 1 aromatic carbocycles. The number of fused-ring (bicyclic) bond motifs is 1. The zero-order chi connectivity index (χ0) is 19.3. The van der Waals surface area contributed by atoms with Gasteiger partial charge < -0.3 is 9.32 Å². The lowest BCUT2D eigenvalue weighted by atomic mass is 10.1. The molecule has 0 fully saturated rings. The van der Waals surface area contributed by atoms with E-state index in [0.29, 0.717) is 5.25 Å². The molecular weight excluding hydrogens is 408 g/mol. The van der Waals surface area contributed by atoms with Gasteiger partial charge in [-0.25, -0.2) is 4.98 Å². The van der Waals surface area contributed by atoms with Crippen molar-refractivity contribution in [3.8, 4) is 0 Å². The summed E-state index contributed by atoms with van der Waals surface area (Å²) in [5.41, 5.74) is 4.21. The average Bonchev–Trinajstić information content (AvgIpc) is 3.31. The van der Waals surface area contributed by atoms with Crippen LogP contribution in [-0.4, -0.2) is 49.8 Å². The minimum Gasteiger partial charge on any atom is -0.431 e. The van der Waals surface area contributed by atoms with E-state index in [9.17, 15) is 0 Å². The summed E-state index contributed by atoms with van der Waals surface area (Å²) >= 11 is 4.87. The van der Waals surface area contributed by atoms with E-state index in [2.05, 4.69) is 38.7 Å². The van der Waals surface area contributed by atoms with Crippen LogP contribution >= 0.6 is 35.3 Å². The number of likely N-dealkylation sites (N-methyl/N-ethyl adjacent to an activating group) is 1. The zero-order valence-electron chi connectivity index (χ0n) is 16.1. The first-order valence-electron chi connectivity index (χ1n) is 9.54. The van der Waals surface area contributed by atoms with Crippen molar-refractivity contribution < 1.29 is 4.42 Å². The molecule has 0 radical (unpaired) electrons. The molecule has 0 saturated heterocycles. The van der Waals surface area contributed by atoms with E-state index in [1.165, 1.54) is 17.3 Å². The molecular formula is C20H24N4OS3. The Labute approximate surface area is 178 Å². The molecule has 28 heavy (non-hydrogen) atoms. The highest BCUT2D eigenvalue weighted by atomic mass is 32.2. The van der Waals surface area contributed by atoms with Gasteiger partial charge in [-0.3, -0.25) is 0 Å². The Balaban J connectivity index is 1.25. The minimum atomic E-state index is 0.508. The zero-order valence-corrected chi connectivity index (χ0v) is 18.6. The lowest BCUT2D eigenvalue weighted by molar-refractivity contribution is 0.372. The first-order chi connectivity index (χ1) is 13.7. The molecule has 0 saturated carbocycles. The van der Waals surface area contributed by atoms with Crippen LogP contribution in [0.1, 0.15) is 31.9 Å². The highest BCUT2D eigenvalue weighted by Crippen LogP contribution is 2.33. The topological polar surface area (TPSA) is 55.1 Å². The molecule has 1 atom stereocenters. The Morgan fingerprint density at radius 1 is 1.29 bits per heavy atom. The summed E-state index contributed by atoms with van der Waals surface area (Å²) in [6, 6.07) is 7.91. The number of benzene rings is 1. The maximum atomic E-state index is 5.77. The maximum absolute atomic E-state index is 5.77. The van der Waals surface area contributed by atoms with Gasteiger partial charge in [0.15, 0.2) is 5.58 Å². The number of oxazole rings is 1. The van der Waals surface area contributed by atoms with Gasteiger partial charge in [-0.2, -0.15) is 8.75 Å². The van der Waals surface area contributed by atoms with Crippen LogP contribution in [0.4, 0.5) is 0 Å². The smallest absolute Gasteiger partial charge is 0.256 e. The summed E-state index contributed by atoms with van der Waals surface area (Å²) in [7, 11) is 2.16. The molecule has 1 aliphatic rings. The van der Waals surface area contributed by atoms with Crippen molar-refractivity contribution in [3.63, 3.8) is 0 Å². The van der Waals surface area contributed by atoms with Gasteiger partial charge in [0.05, 0.1) is 11.7 Å². The molecule has 0 spiro atoms. The Morgan fingerprint density at radius 3 is 3.04 bits per heavy atom. The molecule has 0 aliphatic carbocycles. The lowest BCUT2D eigenvalue weighted by Gasteiger charge is -2.22. The van der Waals surface area contributed by atoms with E-state index in [0.717, 1.165) is 65.1 Å². The molecule has 0 N–H and O–H groups in total. The van der Waals surface area contributed by atoms with Crippen molar-refractivity contribution >= 4 is 51.9 Å². The molecule has 3 heterocycles. The second-order valence-corrected chi connectivity index (χ2v) is 10.0. The number of para-hydroxylation sites is 2. The quantitative estimate of drug-likeness (QED) is 0.346. The molecule has 148 valence electrons. The fourth-order valence-corrected chi connectivity index (χ4v) is 5.78. The Kier molecular flexibility index (Phi) is 6.72. The Hall–Kier alpha value is -1.35. The summed E-state index contributed by atoms with van der Waals surface area (Å²) in [6.07, 6.45) is 5.67. The van der Waals surface area contributed by atoms with Crippen molar-refractivity contribution in [2.24, 2.45) is 0 Å². The van der Waals surface area contributed by atoms with Crippen molar-refractivity contribution in [1.82, 2.24) is 18.6 Å². The number of rotatable bonds is 8. The van der Waals surface area contributed by atoms with Crippen molar-refractivity contribution in [2.45, 2.75) is 41.7 Å². The van der Waals surface area contributed by atoms with Gasteiger partial charge in [-0.05, 0) is 44.0 Å². The summed E-state index contributed by atoms with van der Waals surface area (Å²) < 4.78 is 14.9. The van der Waals surface area contributed by atoms with Gasteiger partial charge in [0.25, 0.3) is 5.22 Å². The number of thioether (sulfide) groups is 2.